The van der Waals surface area contributed by atoms with Crippen LogP contribution in [-0.4, -0.2) is 54.1 Å². The monoisotopic (exact) mass is 441 g/mol. The van der Waals surface area contributed by atoms with E-state index in [4.69, 9.17) is 11.6 Å². The molecule has 1 saturated carbocycles. The summed E-state index contributed by atoms with van der Waals surface area (Å²) in [4.78, 5) is 29.2. The first-order valence-corrected chi connectivity index (χ1v) is 11.3. The molecule has 0 radical (unpaired) electrons. The van der Waals surface area contributed by atoms with E-state index in [1.54, 1.807) is 36.4 Å². The number of aromatic carboxylic acids is 1. The van der Waals surface area contributed by atoms with Crippen molar-refractivity contribution in [1.29, 1.82) is 0 Å². The number of hydrogen-bond donors (Lipinski definition) is 2. The van der Waals surface area contributed by atoms with Gasteiger partial charge in [0.1, 0.15) is 0 Å². The van der Waals surface area contributed by atoms with Crippen LogP contribution >= 0.6 is 11.6 Å². The number of nitrogens with one attached hydrogen (secondary N) is 1. The largest absolute Gasteiger partial charge is 0.478 e. The highest BCUT2D eigenvalue weighted by Crippen LogP contribution is 2.31. The van der Waals surface area contributed by atoms with Gasteiger partial charge in [-0.2, -0.15) is 0 Å². The fraction of sp³-hybridized carbons (Fsp3) is 0.417. The van der Waals surface area contributed by atoms with E-state index in [-0.39, 0.29) is 11.5 Å². The van der Waals surface area contributed by atoms with Crippen molar-refractivity contribution in [1.82, 2.24) is 4.90 Å². The van der Waals surface area contributed by atoms with Gasteiger partial charge in [-0.3, -0.25) is 9.69 Å². The molecule has 7 heteroatoms. The summed E-state index contributed by atoms with van der Waals surface area (Å²) in [5.41, 5.74) is 1.83. The van der Waals surface area contributed by atoms with Gasteiger partial charge in [0, 0.05) is 32.2 Å². The second-order valence-electron chi connectivity index (χ2n) is 8.29. The van der Waals surface area contributed by atoms with Crippen molar-refractivity contribution in [3.8, 4) is 0 Å². The topological polar surface area (TPSA) is 72.9 Å². The summed E-state index contributed by atoms with van der Waals surface area (Å²) in [7, 11) is 0. The summed E-state index contributed by atoms with van der Waals surface area (Å²) in [5.74, 6) is -1.38. The summed E-state index contributed by atoms with van der Waals surface area (Å²) in [6.45, 7) is 3.64. The van der Waals surface area contributed by atoms with E-state index in [2.05, 4.69) is 15.1 Å². The molecule has 0 spiro atoms. The lowest BCUT2D eigenvalue weighted by Crippen LogP contribution is -2.51. The number of carboxylic acid groups (broad SMARTS) is 1. The van der Waals surface area contributed by atoms with Gasteiger partial charge in [-0.1, -0.05) is 43.0 Å². The minimum Gasteiger partial charge on any atom is -0.478 e. The molecular formula is C24H28ClN3O3. The Balaban J connectivity index is 1.53. The number of carboxylic acids is 1. The predicted octanol–water partition coefficient (Wildman–Crippen LogP) is 4.75. The van der Waals surface area contributed by atoms with E-state index in [1.165, 1.54) is 38.2 Å². The van der Waals surface area contributed by atoms with Crippen molar-refractivity contribution in [2.45, 2.75) is 38.1 Å². The van der Waals surface area contributed by atoms with Gasteiger partial charge in [-0.05, 0) is 43.2 Å². The van der Waals surface area contributed by atoms with E-state index >= 15 is 0 Å². The molecule has 1 heterocycles. The Morgan fingerprint density at radius 2 is 1.68 bits per heavy atom. The van der Waals surface area contributed by atoms with Crippen LogP contribution in [0, 0.1) is 0 Å². The number of anilines is 2. The molecule has 1 aliphatic heterocycles. The molecule has 2 aliphatic rings. The van der Waals surface area contributed by atoms with Crippen molar-refractivity contribution < 1.29 is 14.7 Å². The average molecular weight is 442 g/mol. The highest BCUT2D eigenvalue weighted by molar-refractivity contribution is 6.34. The maximum atomic E-state index is 12.8. The number of piperazine rings is 1. The highest BCUT2D eigenvalue weighted by atomic mass is 35.5. The third-order valence-corrected chi connectivity index (χ3v) is 6.69. The fourth-order valence-electron chi connectivity index (χ4n) is 4.65. The quantitative estimate of drug-likeness (QED) is 0.700. The first-order chi connectivity index (χ1) is 15.0. The third kappa shape index (κ3) is 5.02. The summed E-state index contributed by atoms with van der Waals surface area (Å²) in [6.07, 6.45) is 6.55. The Hall–Kier alpha value is -2.57. The van der Waals surface area contributed by atoms with Crippen LogP contribution in [0.4, 0.5) is 11.4 Å². The number of nitrogens with zero attached hydrogens (tertiary/aromatic N) is 2. The molecule has 0 aromatic heterocycles. The first kappa shape index (κ1) is 21.7. The molecule has 0 bridgehead atoms. The minimum absolute atomic E-state index is 0.138. The number of carbonyl (C=O) groups is 2. The van der Waals surface area contributed by atoms with E-state index in [0.29, 0.717) is 22.3 Å². The predicted molar refractivity (Wildman–Crippen MR) is 123 cm³/mol. The molecule has 2 aromatic rings. The van der Waals surface area contributed by atoms with Crippen molar-refractivity contribution >= 4 is 34.9 Å². The van der Waals surface area contributed by atoms with Crippen LogP contribution < -0.4 is 10.2 Å². The molecule has 31 heavy (non-hydrogen) atoms. The molecule has 2 N–H and O–H groups in total. The van der Waals surface area contributed by atoms with Gasteiger partial charge in [0.05, 0.1) is 27.5 Å². The maximum Gasteiger partial charge on any atom is 0.335 e. The number of rotatable bonds is 5. The summed E-state index contributed by atoms with van der Waals surface area (Å²) in [6, 6.07) is 12.4. The first-order valence-electron chi connectivity index (χ1n) is 10.9. The van der Waals surface area contributed by atoms with Crippen molar-refractivity contribution in [3.63, 3.8) is 0 Å². The molecule has 164 valence electrons. The lowest BCUT2D eigenvalue weighted by molar-refractivity contribution is 0.0696. The zero-order chi connectivity index (χ0) is 21.8. The Kier molecular flexibility index (Phi) is 6.78. The molecule has 2 fully saturated rings. The maximum absolute atomic E-state index is 12.8. The number of hydrogen-bond acceptors (Lipinski definition) is 4. The summed E-state index contributed by atoms with van der Waals surface area (Å²) >= 11 is 6.17. The number of carbonyl (C=O) groups excluding carboxylic acids is 1. The Labute approximate surface area is 187 Å². The SMILES string of the molecule is O=C(O)c1ccc(N2CCN(C3CCCCC3)CC2)c(NC(=O)c2ccccc2Cl)c1. The smallest absolute Gasteiger partial charge is 0.335 e. The van der Waals surface area contributed by atoms with E-state index in [0.717, 1.165) is 31.9 Å². The standard InChI is InChI=1S/C24H28ClN3O3/c25-20-9-5-4-8-19(20)23(29)26-21-16-17(24(30)31)10-11-22(21)28-14-12-27(13-15-28)18-6-2-1-3-7-18/h4-5,8-11,16,18H,1-3,6-7,12-15H2,(H,26,29)(H,30,31). The number of benzene rings is 2. The van der Waals surface area contributed by atoms with Crippen LogP contribution in [0.3, 0.4) is 0 Å². The van der Waals surface area contributed by atoms with Gasteiger partial charge >= 0.3 is 5.97 Å². The molecule has 1 aliphatic carbocycles. The Bertz CT molecular complexity index is 951. The van der Waals surface area contributed by atoms with Gasteiger partial charge in [0.25, 0.3) is 5.91 Å². The van der Waals surface area contributed by atoms with Gasteiger partial charge < -0.3 is 15.3 Å². The number of amides is 1. The minimum atomic E-state index is -1.03. The van der Waals surface area contributed by atoms with Crippen LogP contribution in [0.2, 0.25) is 5.02 Å². The fourth-order valence-corrected chi connectivity index (χ4v) is 4.88. The van der Waals surface area contributed by atoms with E-state index in [1.807, 2.05) is 0 Å². The van der Waals surface area contributed by atoms with Crippen LogP contribution in [-0.2, 0) is 0 Å². The third-order valence-electron chi connectivity index (χ3n) is 6.36. The lowest BCUT2D eigenvalue weighted by Gasteiger charge is -2.42. The average Bonchev–Trinajstić information content (AvgIpc) is 2.80. The molecule has 1 amide bonds. The molecule has 2 aromatic carbocycles. The van der Waals surface area contributed by atoms with Gasteiger partial charge in [-0.25, -0.2) is 4.79 Å². The van der Waals surface area contributed by atoms with Crippen LogP contribution in [0.15, 0.2) is 42.5 Å². The summed E-state index contributed by atoms with van der Waals surface area (Å²) < 4.78 is 0. The second-order valence-corrected chi connectivity index (χ2v) is 8.69. The van der Waals surface area contributed by atoms with Crippen molar-refractivity contribution in [3.05, 3.63) is 58.6 Å². The van der Waals surface area contributed by atoms with Gasteiger partial charge in [0.2, 0.25) is 0 Å². The number of halogens is 1. The van der Waals surface area contributed by atoms with Gasteiger partial charge in [-0.15, -0.1) is 0 Å². The summed E-state index contributed by atoms with van der Waals surface area (Å²) in [5, 5.41) is 12.7. The van der Waals surface area contributed by atoms with E-state index < -0.39 is 5.97 Å². The van der Waals surface area contributed by atoms with E-state index in [9.17, 15) is 14.7 Å². The Morgan fingerprint density at radius 3 is 2.35 bits per heavy atom. The van der Waals surface area contributed by atoms with Gasteiger partial charge in [0.15, 0.2) is 0 Å². The normalized spacial score (nSPS) is 18.0. The highest BCUT2D eigenvalue weighted by Gasteiger charge is 2.26. The molecule has 0 unspecified atom stereocenters. The molecular weight excluding hydrogens is 414 g/mol. The zero-order valence-corrected chi connectivity index (χ0v) is 18.3. The molecule has 1 saturated heterocycles. The molecule has 4 rings (SSSR count). The van der Waals surface area contributed by atoms with Crippen LogP contribution in [0.5, 0.6) is 0 Å². The zero-order valence-electron chi connectivity index (χ0n) is 17.5. The molecule has 6 nitrogen and oxygen atoms in total. The van der Waals surface area contributed by atoms with Crippen molar-refractivity contribution in [2.24, 2.45) is 0 Å². The lowest BCUT2D eigenvalue weighted by atomic mass is 9.94. The van der Waals surface area contributed by atoms with Crippen molar-refractivity contribution in [2.75, 3.05) is 36.4 Å². The Morgan fingerprint density at radius 1 is 0.968 bits per heavy atom. The second kappa shape index (κ2) is 9.71. The molecule has 0 atom stereocenters. The van der Waals surface area contributed by atoms with Crippen LogP contribution in [0.25, 0.3) is 0 Å². The van der Waals surface area contributed by atoms with Crippen LogP contribution in [0.1, 0.15) is 52.8 Å².